The van der Waals surface area contributed by atoms with Crippen LogP contribution in [0.1, 0.15) is 61.6 Å². The summed E-state index contributed by atoms with van der Waals surface area (Å²) in [4.78, 5) is 35.8. The van der Waals surface area contributed by atoms with Crippen LogP contribution in [0.3, 0.4) is 0 Å². The first-order chi connectivity index (χ1) is 19.9. The van der Waals surface area contributed by atoms with Crippen LogP contribution in [0.2, 0.25) is 5.15 Å². The van der Waals surface area contributed by atoms with Crippen molar-refractivity contribution in [3.05, 3.63) is 70.5 Å². The maximum Gasteiger partial charge on any atom is 0.407 e. The minimum Gasteiger partial charge on any atom is -0.444 e. The van der Waals surface area contributed by atoms with Gasteiger partial charge in [0.1, 0.15) is 5.60 Å². The first-order valence-corrected chi connectivity index (χ1v) is 14.1. The van der Waals surface area contributed by atoms with Gasteiger partial charge in [-0.15, -0.1) is 0 Å². The molecule has 11 nitrogen and oxygen atoms in total. The summed E-state index contributed by atoms with van der Waals surface area (Å²) in [6.45, 7) is 6.57. The Balaban J connectivity index is 1.37. The van der Waals surface area contributed by atoms with Crippen molar-refractivity contribution in [1.82, 2.24) is 20.6 Å². The van der Waals surface area contributed by atoms with Gasteiger partial charge >= 0.3 is 6.09 Å². The van der Waals surface area contributed by atoms with Crippen molar-refractivity contribution in [3.63, 3.8) is 0 Å². The van der Waals surface area contributed by atoms with E-state index in [1.807, 2.05) is 20.8 Å². The van der Waals surface area contributed by atoms with Crippen molar-refractivity contribution in [2.45, 2.75) is 58.5 Å². The number of aliphatic imine (C=N–C) groups is 1. The van der Waals surface area contributed by atoms with Gasteiger partial charge in [-0.05, 0) is 75.1 Å². The molecule has 3 rings (SSSR count). The summed E-state index contributed by atoms with van der Waals surface area (Å²) in [6, 6.07) is 17.0. The molecule has 8 N–H and O–H groups in total. The fraction of sp³-hybridized carbons (Fsp3) is 0.367. The maximum absolute atomic E-state index is 12.3. The number of nitrogens with two attached hydrogens (primary N) is 3. The zero-order valence-corrected chi connectivity index (χ0v) is 25.0. The third kappa shape index (κ3) is 10.5. The number of aryl methyl sites for hydroxylation is 2. The molecule has 2 aromatic carbocycles. The zero-order chi connectivity index (χ0) is 30.7. The van der Waals surface area contributed by atoms with Gasteiger partial charge in [-0.2, -0.15) is 0 Å². The molecule has 3 aromatic rings. The number of aromatic nitrogens is 2. The number of hydrogen-bond donors (Lipinski definition) is 5. The SMILES string of the molecule is CC(C)(C)OC(=O)NCCCc1ccc(-c2ccc(CCCCN=C(N)NC(=O)c3nc(Cl)c(N)nc3N)cc2)cc1. The van der Waals surface area contributed by atoms with Crippen LogP contribution in [0.4, 0.5) is 16.4 Å². The van der Waals surface area contributed by atoms with Crippen molar-refractivity contribution in [2.75, 3.05) is 24.6 Å². The lowest BCUT2D eigenvalue weighted by molar-refractivity contribution is 0.0527. The summed E-state index contributed by atoms with van der Waals surface area (Å²) >= 11 is 5.81. The number of hydrogen-bond acceptors (Lipinski definition) is 8. The van der Waals surface area contributed by atoms with Crippen molar-refractivity contribution >= 4 is 41.2 Å². The van der Waals surface area contributed by atoms with Crippen molar-refractivity contribution < 1.29 is 14.3 Å². The van der Waals surface area contributed by atoms with Crippen LogP contribution >= 0.6 is 11.6 Å². The molecule has 0 aliphatic carbocycles. The number of nitrogens with one attached hydrogen (secondary N) is 2. The number of carbonyl (C=O) groups is 2. The number of halogens is 1. The van der Waals surface area contributed by atoms with Gasteiger partial charge in [0.15, 0.2) is 28.4 Å². The van der Waals surface area contributed by atoms with Gasteiger partial charge in [0.2, 0.25) is 0 Å². The highest BCUT2D eigenvalue weighted by Crippen LogP contribution is 2.22. The molecular weight excluding hydrogens is 556 g/mol. The summed E-state index contributed by atoms with van der Waals surface area (Å²) < 4.78 is 5.25. The zero-order valence-electron chi connectivity index (χ0n) is 24.2. The van der Waals surface area contributed by atoms with Crippen LogP contribution in [0, 0.1) is 0 Å². The van der Waals surface area contributed by atoms with Crippen LogP contribution in [0.5, 0.6) is 0 Å². The Morgan fingerprint density at radius 1 is 0.881 bits per heavy atom. The van der Waals surface area contributed by atoms with E-state index in [2.05, 4.69) is 74.1 Å². The molecule has 2 amide bonds. The average molecular weight is 595 g/mol. The number of alkyl carbamates (subject to hydrolysis) is 1. The molecule has 0 saturated heterocycles. The molecule has 224 valence electrons. The minimum absolute atomic E-state index is 0.0398. The van der Waals surface area contributed by atoms with E-state index in [4.69, 9.17) is 33.5 Å². The smallest absolute Gasteiger partial charge is 0.407 e. The molecule has 0 aliphatic rings. The molecule has 0 fully saturated rings. The number of unbranched alkanes of at least 4 members (excludes halogenated alkanes) is 1. The van der Waals surface area contributed by atoms with E-state index in [0.29, 0.717) is 13.1 Å². The number of ether oxygens (including phenoxy) is 1. The molecule has 1 aromatic heterocycles. The average Bonchev–Trinajstić information content (AvgIpc) is 2.92. The number of carbonyl (C=O) groups excluding carboxylic acids is 2. The molecule has 0 saturated carbocycles. The Morgan fingerprint density at radius 2 is 1.45 bits per heavy atom. The second kappa shape index (κ2) is 15.0. The summed E-state index contributed by atoms with van der Waals surface area (Å²) in [5.74, 6) is -0.908. The molecular formula is C30H39ClN8O3. The van der Waals surface area contributed by atoms with Crippen LogP contribution in [0.15, 0.2) is 53.5 Å². The fourth-order valence-electron chi connectivity index (χ4n) is 3.99. The lowest BCUT2D eigenvalue weighted by atomic mass is 10.00. The number of nitrogen functional groups attached to an aromatic ring is 2. The Kier molecular flexibility index (Phi) is 11.5. The van der Waals surface area contributed by atoms with Gasteiger partial charge in [0.25, 0.3) is 5.91 Å². The summed E-state index contributed by atoms with van der Waals surface area (Å²) in [7, 11) is 0. The highest BCUT2D eigenvalue weighted by Gasteiger charge is 2.17. The van der Waals surface area contributed by atoms with Gasteiger partial charge < -0.3 is 27.3 Å². The number of amides is 2. The quantitative estimate of drug-likeness (QED) is 0.122. The summed E-state index contributed by atoms with van der Waals surface area (Å²) in [5.41, 5.74) is 21.1. The number of guanidine groups is 1. The fourth-order valence-corrected chi connectivity index (χ4v) is 4.12. The molecule has 0 spiro atoms. The monoisotopic (exact) mass is 594 g/mol. The van der Waals surface area contributed by atoms with Gasteiger partial charge in [-0.25, -0.2) is 14.8 Å². The van der Waals surface area contributed by atoms with E-state index in [9.17, 15) is 9.59 Å². The number of anilines is 2. The Bertz CT molecular complexity index is 1390. The van der Waals surface area contributed by atoms with Crippen LogP contribution in [-0.2, 0) is 17.6 Å². The molecule has 42 heavy (non-hydrogen) atoms. The van der Waals surface area contributed by atoms with E-state index in [1.165, 1.54) is 11.1 Å². The minimum atomic E-state index is -0.662. The largest absolute Gasteiger partial charge is 0.444 e. The number of rotatable bonds is 11. The first kappa shape index (κ1) is 32.1. The lowest BCUT2D eigenvalue weighted by Crippen LogP contribution is -2.38. The van der Waals surface area contributed by atoms with Crippen LogP contribution in [-0.4, -0.2) is 46.6 Å². The maximum atomic E-state index is 12.3. The van der Waals surface area contributed by atoms with E-state index in [1.54, 1.807) is 0 Å². The topological polar surface area (TPSA) is 184 Å². The number of benzene rings is 2. The van der Waals surface area contributed by atoms with Crippen LogP contribution < -0.4 is 27.8 Å². The summed E-state index contributed by atoms with van der Waals surface area (Å²) in [5, 5.41) is 5.10. The van der Waals surface area contributed by atoms with E-state index in [0.717, 1.165) is 43.2 Å². The molecule has 0 bridgehead atoms. The van der Waals surface area contributed by atoms with Crippen molar-refractivity contribution in [2.24, 2.45) is 10.7 Å². The van der Waals surface area contributed by atoms with Crippen LogP contribution in [0.25, 0.3) is 11.1 Å². The predicted octanol–water partition coefficient (Wildman–Crippen LogP) is 4.49. The second-order valence-corrected chi connectivity index (χ2v) is 11.1. The van der Waals surface area contributed by atoms with Gasteiger partial charge in [-0.3, -0.25) is 15.1 Å². The second-order valence-electron chi connectivity index (χ2n) is 10.7. The number of nitrogens with zero attached hydrogens (tertiary/aromatic N) is 3. The highest BCUT2D eigenvalue weighted by atomic mass is 35.5. The molecule has 0 unspecified atom stereocenters. The standard InChI is InChI=1S/C30H39ClN8O3/c1-30(2,3)42-29(41)36-18-6-8-20-11-15-22(16-12-20)21-13-9-19(10-14-21)7-4-5-17-35-28(34)39-27(40)23-25(32)38-26(33)24(31)37-23/h9-16H,4-8,17-18H2,1-3H3,(H,36,41)(H4,32,33,38)(H3,34,35,39,40). The van der Waals surface area contributed by atoms with Gasteiger partial charge in [-0.1, -0.05) is 60.1 Å². The molecule has 1 heterocycles. The third-order valence-electron chi connectivity index (χ3n) is 6.07. The Labute approximate surface area is 251 Å². The molecule has 12 heteroatoms. The van der Waals surface area contributed by atoms with Crippen molar-refractivity contribution in [1.29, 1.82) is 0 Å². The van der Waals surface area contributed by atoms with E-state index < -0.39 is 11.5 Å². The molecule has 0 atom stereocenters. The summed E-state index contributed by atoms with van der Waals surface area (Å²) in [6.07, 6.45) is 3.93. The van der Waals surface area contributed by atoms with E-state index >= 15 is 0 Å². The van der Waals surface area contributed by atoms with Gasteiger partial charge in [0.05, 0.1) is 0 Å². The van der Waals surface area contributed by atoms with Gasteiger partial charge in [0, 0.05) is 13.1 Å². The van der Waals surface area contributed by atoms with E-state index in [-0.39, 0.29) is 34.5 Å². The lowest BCUT2D eigenvalue weighted by Gasteiger charge is -2.19. The first-order valence-electron chi connectivity index (χ1n) is 13.8. The molecule has 0 radical (unpaired) electrons. The Morgan fingerprint density at radius 3 is 2.02 bits per heavy atom. The third-order valence-corrected chi connectivity index (χ3v) is 6.35. The highest BCUT2D eigenvalue weighted by molar-refractivity contribution is 6.31. The molecule has 0 aliphatic heterocycles. The van der Waals surface area contributed by atoms with Crippen molar-refractivity contribution in [3.8, 4) is 11.1 Å². The predicted molar refractivity (Wildman–Crippen MR) is 167 cm³/mol. The normalized spacial score (nSPS) is 11.7. The Hall–Kier alpha value is -4.38.